The number of pyridine rings is 1. The minimum atomic E-state index is -2.06. The lowest BCUT2D eigenvalue weighted by Crippen LogP contribution is -2.47. The maximum absolute atomic E-state index is 15.5. The molecule has 0 spiro atoms. The van der Waals surface area contributed by atoms with Crippen molar-refractivity contribution in [2.24, 2.45) is 0 Å². The van der Waals surface area contributed by atoms with Crippen LogP contribution in [0.3, 0.4) is 0 Å². The topological polar surface area (TPSA) is 149 Å². The van der Waals surface area contributed by atoms with E-state index in [0.717, 1.165) is 12.1 Å². The average molecular weight is 910 g/mol. The van der Waals surface area contributed by atoms with Crippen LogP contribution in [0, 0.1) is 24.4 Å². The third-order valence-corrected chi connectivity index (χ3v) is 18.1. The fourth-order valence-corrected chi connectivity index (χ4v) is 10.1. The van der Waals surface area contributed by atoms with Gasteiger partial charge in [-0.2, -0.15) is 5.10 Å². The largest absolute Gasteiger partial charge is 0.415 e. The van der Waals surface area contributed by atoms with Gasteiger partial charge in [0.2, 0.25) is 11.8 Å². The van der Waals surface area contributed by atoms with Crippen molar-refractivity contribution >= 4 is 53.8 Å². The highest BCUT2D eigenvalue weighted by atomic mass is 28.4. The molecule has 3 aliphatic heterocycles. The van der Waals surface area contributed by atoms with Gasteiger partial charge in [0.15, 0.2) is 19.8 Å². The summed E-state index contributed by atoms with van der Waals surface area (Å²) in [6, 6.07) is 10.5. The van der Waals surface area contributed by atoms with Crippen molar-refractivity contribution in [2.45, 2.75) is 89.3 Å². The summed E-state index contributed by atoms with van der Waals surface area (Å²) < 4.78 is 60.6. The maximum Gasteiger partial charge on any atom is 0.245 e. The second-order valence-corrected chi connectivity index (χ2v) is 23.8. The van der Waals surface area contributed by atoms with E-state index in [1.807, 2.05) is 34.6 Å². The molecule has 1 unspecified atom stereocenters. The smallest absolute Gasteiger partial charge is 0.245 e. The van der Waals surface area contributed by atoms with E-state index in [9.17, 15) is 14.0 Å². The molecule has 2 amide bonds. The number of nitrogens with zero attached hydrogens (tertiary/aromatic N) is 10. The number of halogens is 3. The molecule has 2 fully saturated rings. The quantitative estimate of drug-likeness (QED) is 0.160. The fraction of sp³-hybridized carbons (Fsp3) is 0.457. The molecule has 4 atom stereocenters. The van der Waals surface area contributed by atoms with Gasteiger partial charge in [0.05, 0.1) is 47.6 Å². The highest BCUT2D eigenvalue weighted by molar-refractivity contribution is 6.74. The molecule has 2 aromatic carbocycles. The monoisotopic (exact) mass is 909 g/mol. The molecule has 7 heterocycles. The number of fused-ring (bicyclic) bond motifs is 6. The van der Waals surface area contributed by atoms with Crippen LogP contribution in [-0.4, -0.2) is 129 Å². The summed E-state index contributed by atoms with van der Waals surface area (Å²) in [7, 11) is 1.27. The number of ether oxygens (including phenoxy) is 1. The van der Waals surface area contributed by atoms with Crippen molar-refractivity contribution in [2.75, 3.05) is 57.2 Å². The summed E-state index contributed by atoms with van der Waals surface area (Å²) in [5.41, 5.74) is 2.52. The number of hydrogen-bond donors (Lipinski definition) is 1. The Morgan fingerprint density at radius 1 is 0.938 bits per heavy atom. The number of amides is 2. The molecular formula is C46H54F3N11O4Si. The van der Waals surface area contributed by atoms with Gasteiger partial charge in [0.1, 0.15) is 46.6 Å². The van der Waals surface area contributed by atoms with Crippen molar-refractivity contribution in [3.05, 3.63) is 83.8 Å². The van der Waals surface area contributed by atoms with Gasteiger partial charge < -0.3 is 33.7 Å². The van der Waals surface area contributed by atoms with Crippen LogP contribution in [0.2, 0.25) is 18.1 Å². The van der Waals surface area contributed by atoms with Gasteiger partial charge in [-0.1, -0.05) is 26.8 Å². The van der Waals surface area contributed by atoms with E-state index in [0.29, 0.717) is 83.6 Å². The lowest BCUT2D eigenvalue weighted by atomic mass is 10.1. The summed E-state index contributed by atoms with van der Waals surface area (Å²) in [4.78, 5) is 53.7. The van der Waals surface area contributed by atoms with Crippen molar-refractivity contribution in [3.63, 3.8) is 0 Å². The first-order valence-electron chi connectivity index (χ1n) is 22.0. The molecule has 0 aliphatic carbocycles. The number of rotatable bonds is 8. The molecule has 9 rings (SSSR count). The summed E-state index contributed by atoms with van der Waals surface area (Å²) in [5.74, 6) is -0.837. The lowest BCUT2D eigenvalue weighted by Gasteiger charge is -2.36. The minimum Gasteiger partial charge on any atom is -0.415 e. The molecule has 65 heavy (non-hydrogen) atoms. The Morgan fingerprint density at radius 3 is 2.49 bits per heavy atom. The van der Waals surface area contributed by atoms with E-state index in [4.69, 9.17) is 29.1 Å². The van der Waals surface area contributed by atoms with Crippen molar-refractivity contribution in [1.82, 2.24) is 44.1 Å². The number of likely N-dealkylation sites (tertiary alicyclic amines) is 1. The predicted molar refractivity (Wildman–Crippen MR) is 243 cm³/mol. The summed E-state index contributed by atoms with van der Waals surface area (Å²) in [6.45, 7) is 14.7. The van der Waals surface area contributed by atoms with Gasteiger partial charge >= 0.3 is 0 Å². The Morgan fingerprint density at radius 2 is 1.74 bits per heavy atom. The molecule has 2 saturated heterocycles. The number of aromatic nitrogens is 7. The standard InChI is InChI=1S/C46H54F3N11O4Si/c1-26-51-36-19-29(48)17-32-35-10-9-11-39(53-35)52-30-20-38(45(62)56(5)24-31(63-6)25-58(26)41(32)36)59(23-30)43-33-21-50-60(37-13-12-28(47)18-34(37)49)44(33)55-42(54-43)27-16-40(61)57(22-27)14-15-64-65(7,8)46(2,3)4/h9-13,17-19,21,27,30-31,38H,14-16,20,22-25H2,1-8H3,(H,52,53)/t27?,30-,31-,38-/m0/s1. The molecule has 342 valence electrons. The zero-order valence-electron chi connectivity index (χ0n) is 37.9. The molecule has 3 aliphatic rings. The highest BCUT2D eigenvalue weighted by Crippen LogP contribution is 2.39. The molecule has 1 N–H and O–H groups in total. The number of hydrogen-bond acceptors (Lipinski definition) is 11. The number of carbonyl (C=O) groups is 2. The Bertz CT molecular complexity index is 2830. The molecule has 4 bridgehead atoms. The summed E-state index contributed by atoms with van der Waals surface area (Å²) >= 11 is 0. The van der Waals surface area contributed by atoms with Gasteiger partial charge in [-0.05, 0) is 61.8 Å². The molecule has 15 nitrogen and oxygen atoms in total. The van der Waals surface area contributed by atoms with Crippen LogP contribution >= 0.6 is 0 Å². The summed E-state index contributed by atoms with van der Waals surface area (Å²) in [6.07, 6.45) is 1.51. The zero-order valence-corrected chi connectivity index (χ0v) is 38.9. The van der Waals surface area contributed by atoms with E-state index in [1.165, 1.54) is 29.1 Å². The fourth-order valence-electron chi connectivity index (χ4n) is 9.04. The molecule has 4 aromatic heterocycles. The SMILES string of the molecule is CO[C@H]1CN(C)C(=O)[C@@H]2C[C@@H](CN2c2nc(C3CC(=O)N(CCO[Si](C)(C)C(C)(C)C)C3)nc3c2cnn3-c2ccc(F)cc2F)Nc2cccc(n2)-c2cc(F)cc3nc(C)n(c23)C1. The van der Waals surface area contributed by atoms with Crippen molar-refractivity contribution in [3.8, 4) is 16.9 Å². The number of aryl methyl sites for hydroxylation is 1. The van der Waals surface area contributed by atoms with Crippen molar-refractivity contribution in [1.29, 1.82) is 0 Å². The van der Waals surface area contributed by atoms with Crippen LogP contribution in [0.1, 0.15) is 51.2 Å². The highest BCUT2D eigenvalue weighted by Gasteiger charge is 2.43. The third-order valence-electron chi connectivity index (χ3n) is 13.6. The Balaban J connectivity index is 1.12. The van der Waals surface area contributed by atoms with Gasteiger partial charge in [0, 0.05) is 76.4 Å². The van der Waals surface area contributed by atoms with Gasteiger partial charge in [-0.25, -0.2) is 37.8 Å². The van der Waals surface area contributed by atoms with E-state index >= 15 is 8.78 Å². The lowest BCUT2D eigenvalue weighted by molar-refractivity contribution is -0.132. The first-order valence-corrected chi connectivity index (χ1v) is 24.9. The van der Waals surface area contributed by atoms with Crippen LogP contribution in [0.25, 0.3) is 39.0 Å². The molecule has 6 aromatic rings. The van der Waals surface area contributed by atoms with E-state index in [1.54, 1.807) is 24.0 Å². The predicted octanol–water partition coefficient (Wildman–Crippen LogP) is 6.84. The Hall–Kier alpha value is -5.92. The van der Waals surface area contributed by atoms with Gasteiger partial charge in [-0.3, -0.25) is 9.59 Å². The summed E-state index contributed by atoms with van der Waals surface area (Å²) in [5, 5.41) is 8.55. The van der Waals surface area contributed by atoms with Gasteiger partial charge in [0.25, 0.3) is 0 Å². The van der Waals surface area contributed by atoms with E-state index in [2.05, 4.69) is 44.3 Å². The number of benzene rings is 2. The van der Waals surface area contributed by atoms with Crippen LogP contribution in [0.4, 0.5) is 24.8 Å². The van der Waals surface area contributed by atoms with Crippen LogP contribution in [0.5, 0.6) is 0 Å². The number of imidazole rings is 1. The number of methoxy groups -OCH3 is 1. The van der Waals surface area contributed by atoms with E-state index in [-0.39, 0.29) is 53.7 Å². The molecule has 19 heteroatoms. The maximum atomic E-state index is 15.5. The van der Waals surface area contributed by atoms with E-state index < -0.39 is 43.8 Å². The van der Waals surface area contributed by atoms with Crippen LogP contribution in [0.15, 0.2) is 54.7 Å². The number of anilines is 2. The first-order chi connectivity index (χ1) is 30.9. The van der Waals surface area contributed by atoms with Crippen LogP contribution in [-0.2, 0) is 25.3 Å². The van der Waals surface area contributed by atoms with Crippen LogP contribution < -0.4 is 10.2 Å². The third kappa shape index (κ3) is 8.33. The Kier molecular flexibility index (Phi) is 11.5. The normalized spacial score (nSPS) is 20.8. The Labute approximate surface area is 376 Å². The minimum absolute atomic E-state index is 0.00897. The first kappa shape index (κ1) is 44.3. The second kappa shape index (κ2) is 16.8. The second-order valence-electron chi connectivity index (χ2n) is 19.0. The average Bonchev–Trinajstić information content (AvgIpc) is 4.03. The zero-order chi connectivity index (χ0) is 46.1. The number of nitrogens with one attached hydrogen (secondary N) is 1. The molecule has 0 saturated carbocycles. The van der Waals surface area contributed by atoms with Crippen molar-refractivity contribution < 1.29 is 31.9 Å². The number of carbonyl (C=O) groups excluding carboxylic acids is 2. The van der Waals surface area contributed by atoms with Gasteiger partial charge in [-0.15, -0.1) is 0 Å². The molecular weight excluding hydrogens is 856 g/mol. The molecule has 0 radical (unpaired) electrons. The number of likely N-dealkylation sites (N-methyl/N-ethyl adjacent to an activating group) is 1.